The number of aliphatic hydroxyl groups is 1. The maximum Gasteiger partial charge on any atom is 0.0499 e. The summed E-state index contributed by atoms with van der Waals surface area (Å²) in [7, 11) is 0. The van der Waals surface area contributed by atoms with Gasteiger partial charge in [-0.2, -0.15) is 0 Å². The zero-order chi connectivity index (χ0) is 8.85. The Morgan fingerprint density at radius 3 is 2.27 bits per heavy atom. The highest BCUT2D eigenvalue weighted by molar-refractivity contribution is 5.02. The standard InChI is InChI=1S/C10H18O/c1-8(2)5-6-10(7-11)9(3)4/h5,10-11H,3,6-7H2,1-2,4H3. The summed E-state index contributed by atoms with van der Waals surface area (Å²) in [5, 5.41) is 8.92. The van der Waals surface area contributed by atoms with E-state index in [1.54, 1.807) is 0 Å². The van der Waals surface area contributed by atoms with Gasteiger partial charge in [0, 0.05) is 12.5 Å². The lowest BCUT2D eigenvalue weighted by Gasteiger charge is -2.10. The minimum atomic E-state index is 0.207. The van der Waals surface area contributed by atoms with Crippen LogP contribution in [0.1, 0.15) is 27.2 Å². The van der Waals surface area contributed by atoms with Gasteiger partial charge in [-0.25, -0.2) is 0 Å². The Bertz CT molecular complexity index is 152. The van der Waals surface area contributed by atoms with Gasteiger partial charge in [0.05, 0.1) is 0 Å². The van der Waals surface area contributed by atoms with Crippen molar-refractivity contribution < 1.29 is 5.11 Å². The second kappa shape index (κ2) is 5.14. The molecule has 0 fully saturated rings. The first kappa shape index (κ1) is 10.4. The van der Waals surface area contributed by atoms with Crippen LogP contribution in [0.5, 0.6) is 0 Å². The third-order valence-electron chi connectivity index (χ3n) is 1.73. The highest BCUT2D eigenvalue weighted by Crippen LogP contribution is 2.13. The molecule has 0 bridgehead atoms. The monoisotopic (exact) mass is 154 g/mol. The van der Waals surface area contributed by atoms with Crippen LogP contribution in [0.15, 0.2) is 23.8 Å². The number of hydrogen-bond donors (Lipinski definition) is 1. The summed E-state index contributed by atoms with van der Waals surface area (Å²) in [4.78, 5) is 0. The summed E-state index contributed by atoms with van der Waals surface area (Å²) in [5.74, 6) is 0.241. The number of allylic oxidation sites excluding steroid dienone is 2. The van der Waals surface area contributed by atoms with Crippen LogP contribution in [0, 0.1) is 5.92 Å². The van der Waals surface area contributed by atoms with Gasteiger partial charge in [0.15, 0.2) is 0 Å². The average molecular weight is 154 g/mol. The van der Waals surface area contributed by atoms with E-state index in [9.17, 15) is 0 Å². The molecule has 0 rings (SSSR count). The van der Waals surface area contributed by atoms with E-state index in [0.717, 1.165) is 12.0 Å². The topological polar surface area (TPSA) is 20.2 Å². The molecule has 0 aliphatic heterocycles. The van der Waals surface area contributed by atoms with E-state index in [1.165, 1.54) is 5.57 Å². The van der Waals surface area contributed by atoms with Gasteiger partial charge < -0.3 is 5.11 Å². The zero-order valence-electron chi connectivity index (χ0n) is 7.72. The second-order valence-corrected chi connectivity index (χ2v) is 3.24. The number of hydrogen-bond acceptors (Lipinski definition) is 1. The van der Waals surface area contributed by atoms with Crippen molar-refractivity contribution in [3.63, 3.8) is 0 Å². The Kier molecular flexibility index (Phi) is 4.88. The van der Waals surface area contributed by atoms with Crippen LogP contribution in [0.4, 0.5) is 0 Å². The highest BCUT2D eigenvalue weighted by atomic mass is 16.3. The molecule has 0 spiro atoms. The second-order valence-electron chi connectivity index (χ2n) is 3.24. The molecule has 0 heterocycles. The molecule has 64 valence electrons. The maximum atomic E-state index is 8.92. The Labute approximate surface area is 69.4 Å². The normalized spacial score (nSPS) is 12.4. The lowest BCUT2D eigenvalue weighted by atomic mass is 9.98. The molecule has 0 radical (unpaired) electrons. The molecule has 0 aliphatic rings. The van der Waals surface area contributed by atoms with Crippen molar-refractivity contribution in [2.24, 2.45) is 5.92 Å². The SMILES string of the molecule is C=C(C)C(CO)CC=C(C)C. The molecule has 0 aromatic heterocycles. The predicted molar refractivity (Wildman–Crippen MR) is 49.4 cm³/mol. The van der Waals surface area contributed by atoms with Crippen molar-refractivity contribution in [2.45, 2.75) is 27.2 Å². The molecule has 1 atom stereocenters. The number of rotatable bonds is 4. The molecular weight excluding hydrogens is 136 g/mol. The number of aliphatic hydroxyl groups excluding tert-OH is 1. The van der Waals surface area contributed by atoms with Gasteiger partial charge in [0.2, 0.25) is 0 Å². The Hall–Kier alpha value is -0.560. The first-order valence-corrected chi connectivity index (χ1v) is 3.97. The van der Waals surface area contributed by atoms with Gasteiger partial charge in [-0.1, -0.05) is 23.8 Å². The summed E-state index contributed by atoms with van der Waals surface area (Å²) in [6.45, 7) is 10.1. The fourth-order valence-corrected chi connectivity index (χ4v) is 0.810. The molecular formula is C10H18O. The quantitative estimate of drug-likeness (QED) is 0.617. The van der Waals surface area contributed by atoms with E-state index in [0.29, 0.717) is 0 Å². The van der Waals surface area contributed by atoms with Crippen LogP contribution in [-0.4, -0.2) is 11.7 Å². The van der Waals surface area contributed by atoms with Crippen LogP contribution in [0.25, 0.3) is 0 Å². The third kappa shape index (κ3) is 4.79. The van der Waals surface area contributed by atoms with Crippen molar-refractivity contribution in [3.8, 4) is 0 Å². The van der Waals surface area contributed by atoms with Crippen LogP contribution in [0.2, 0.25) is 0 Å². The maximum absolute atomic E-state index is 8.92. The molecule has 0 aromatic rings. The van der Waals surface area contributed by atoms with E-state index < -0.39 is 0 Å². The van der Waals surface area contributed by atoms with E-state index in [4.69, 9.17) is 5.11 Å². The summed E-state index contributed by atoms with van der Waals surface area (Å²) < 4.78 is 0. The summed E-state index contributed by atoms with van der Waals surface area (Å²) in [5.41, 5.74) is 2.36. The lowest BCUT2D eigenvalue weighted by Crippen LogP contribution is -2.05. The Balaban J connectivity index is 3.89. The highest BCUT2D eigenvalue weighted by Gasteiger charge is 2.04. The first-order chi connectivity index (χ1) is 5.07. The molecule has 0 saturated carbocycles. The third-order valence-corrected chi connectivity index (χ3v) is 1.73. The van der Waals surface area contributed by atoms with E-state index in [1.807, 2.05) is 6.92 Å². The van der Waals surface area contributed by atoms with Crippen LogP contribution in [0.3, 0.4) is 0 Å². The fourth-order valence-electron chi connectivity index (χ4n) is 0.810. The summed E-state index contributed by atoms with van der Waals surface area (Å²) in [6, 6.07) is 0. The predicted octanol–water partition coefficient (Wildman–Crippen LogP) is 2.53. The summed E-state index contributed by atoms with van der Waals surface area (Å²) in [6.07, 6.45) is 3.05. The lowest BCUT2D eigenvalue weighted by molar-refractivity contribution is 0.247. The fraction of sp³-hybridized carbons (Fsp3) is 0.600. The van der Waals surface area contributed by atoms with E-state index in [2.05, 4.69) is 26.5 Å². The van der Waals surface area contributed by atoms with Crippen LogP contribution in [-0.2, 0) is 0 Å². The zero-order valence-corrected chi connectivity index (χ0v) is 7.72. The molecule has 0 aromatic carbocycles. The Morgan fingerprint density at radius 1 is 1.45 bits per heavy atom. The van der Waals surface area contributed by atoms with Crippen LogP contribution >= 0.6 is 0 Å². The molecule has 1 N–H and O–H groups in total. The molecule has 0 aliphatic carbocycles. The molecule has 1 heteroatoms. The van der Waals surface area contributed by atoms with E-state index >= 15 is 0 Å². The van der Waals surface area contributed by atoms with Crippen molar-refractivity contribution in [1.82, 2.24) is 0 Å². The smallest absolute Gasteiger partial charge is 0.0499 e. The van der Waals surface area contributed by atoms with Crippen molar-refractivity contribution in [1.29, 1.82) is 0 Å². The average Bonchev–Trinajstić information content (AvgIpc) is 1.87. The van der Waals surface area contributed by atoms with Gasteiger partial charge >= 0.3 is 0 Å². The Morgan fingerprint density at radius 2 is 2.00 bits per heavy atom. The van der Waals surface area contributed by atoms with Gasteiger partial charge in [-0.05, 0) is 27.2 Å². The molecule has 1 unspecified atom stereocenters. The molecule has 0 amide bonds. The van der Waals surface area contributed by atoms with Crippen molar-refractivity contribution in [2.75, 3.05) is 6.61 Å². The minimum absolute atomic E-state index is 0.207. The van der Waals surface area contributed by atoms with Gasteiger partial charge in [-0.3, -0.25) is 0 Å². The molecule has 0 saturated heterocycles. The molecule has 1 nitrogen and oxygen atoms in total. The van der Waals surface area contributed by atoms with Crippen molar-refractivity contribution in [3.05, 3.63) is 23.8 Å². The summed E-state index contributed by atoms with van der Waals surface area (Å²) >= 11 is 0. The van der Waals surface area contributed by atoms with Crippen molar-refractivity contribution >= 4 is 0 Å². The van der Waals surface area contributed by atoms with Crippen LogP contribution < -0.4 is 0 Å². The van der Waals surface area contributed by atoms with E-state index in [-0.39, 0.29) is 12.5 Å². The minimum Gasteiger partial charge on any atom is -0.396 e. The largest absolute Gasteiger partial charge is 0.396 e. The first-order valence-electron chi connectivity index (χ1n) is 3.97. The van der Waals surface area contributed by atoms with Gasteiger partial charge in [0.1, 0.15) is 0 Å². The van der Waals surface area contributed by atoms with Gasteiger partial charge in [-0.15, -0.1) is 0 Å². The molecule has 11 heavy (non-hydrogen) atoms. The van der Waals surface area contributed by atoms with Gasteiger partial charge in [0.25, 0.3) is 0 Å².